The number of carbonyl (C=O) groups excluding carboxylic acids is 1. The molecule has 0 fully saturated rings. The summed E-state index contributed by atoms with van der Waals surface area (Å²) in [6.45, 7) is 1.97. The number of hydrogen-bond donors (Lipinski definition) is 0. The molecule has 6 heteroatoms. The van der Waals surface area contributed by atoms with Gasteiger partial charge in [0.15, 0.2) is 5.43 Å². The third-order valence-electron chi connectivity index (χ3n) is 5.35. The maximum absolute atomic E-state index is 13.4. The highest BCUT2D eigenvalue weighted by atomic mass is 35.5. The van der Waals surface area contributed by atoms with E-state index in [-0.39, 0.29) is 17.1 Å². The summed E-state index contributed by atoms with van der Waals surface area (Å²) in [6, 6.07) is 18.9. The Bertz CT molecular complexity index is 1380. The van der Waals surface area contributed by atoms with Gasteiger partial charge in [-0.3, -0.25) is 14.5 Å². The van der Waals surface area contributed by atoms with Crippen LogP contribution >= 0.6 is 23.2 Å². The summed E-state index contributed by atoms with van der Waals surface area (Å²) < 4.78 is 5.93. The molecule has 0 saturated carbocycles. The molecule has 0 N–H and O–H groups in total. The van der Waals surface area contributed by atoms with Gasteiger partial charge in [0.25, 0.3) is 5.91 Å². The average molecular weight is 436 g/mol. The molecule has 0 radical (unpaired) electrons. The molecule has 4 aromatic rings. The van der Waals surface area contributed by atoms with Crippen molar-refractivity contribution < 1.29 is 9.21 Å². The largest absolute Gasteiger partial charge is 0.450 e. The van der Waals surface area contributed by atoms with Crippen molar-refractivity contribution in [3.05, 3.63) is 109 Å². The first kappa shape index (κ1) is 18.9. The fraction of sp³-hybridized carbons (Fsp3) is 0.0833. The number of para-hydroxylation sites is 1. The Balaban J connectivity index is 1.82. The lowest BCUT2D eigenvalue weighted by Crippen LogP contribution is -2.29. The zero-order valence-corrected chi connectivity index (χ0v) is 17.4. The lowest BCUT2D eigenvalue weighted by Gasteiger charge is -2.25. The Morgan fingerprint density at radius 2 is 1.63 bits per heavy atom. The SMILES string of the molecule is Cc1ccc(N2C(=O)c3oc4ccccc4c(=O)c3C2c2ccc(Cl)c(Cl)c2)cc1. The summed E-state index contributed by atoms with van der Waals surface area (Å²) >= 11 is 12.4. The van der Waals surface area contributed by atoms with E-state index in [4.69, 9.17) is 27.6 Å². The first-order chi connectivity index (χ1) is 14.5. The van der Waals surface area contributed by atoms with Gasteiger partial charge >= 0.3 is 0 Å². The molecule has 3 aromatic carbocycles. The molecule has 1 amide bonds. The normalized spacial score (nSPS) is 15.6. The summed E-state index contributed by atoms with van der Waals surface area (Å²) in [5, 5.41) is 1.18. The van der Waals surface area contributed by atoms with Crippen molar-refractivity contribution in [3.63, 3.8) is 0 Å². The Labute approximate surface area is 182 Å². The van der Waals surface area contributed by atoms with E-state index >= 15 is 0 Å². The molecule has 4 nitrogen and oxygen atoms in total. The molecule has 5 rings (SSSR count). The van der Waals surface area contributed by atoms with Crippen LogP contribution in [0.5, 0.6) is 0 Å². The number of aryl methyl sites for hydroxylation is 1. The molecule has 148 valence electrons. The van der Waals surface area contributed by atoms with Crippen LogP contribution in [-0.2, 0) is 0 Å². The molecule has 1 unspecified atom stereocenters. The van der Waals surface area contributed by atoms with Crippen molar-refractivity contribution in [1.82, 2.24) is 0 Å². The van der Waals surface area contributed by atoms with Gasteiger partial charge in [0, 0.05) is 5.69 Å². The molecule has 0 bridgehead atoms. The lowest BCUT2D eigenvalue weighted by molar-refractivity contribution is 0.0971. The van der Waals surface area contributed by atoms with Crippen molar-refractivity contribution in [2.24, 2.45) is 0 Å². The summed E-state index contributed by atoms with van der Waals surface area (Å²) in [7, 11) is 0. The minimum Gasteiger partial charge on any atom is -0.450 e. The molecular weight excluding hydrogens is 421 g/mol. The molecule has 1 atom stereocenters. The number of benzene rings is 3. The Morgan fingerprint density at radius 3 is 2.37 bits per heavy atom. The van der Waals surface area contributed by atoms with E-state index < -0.39 is 6.04 Å². The van der Waals surface area contributed by atoms with Crippen LogP contribution in [0.2, 0.25) is 10.0 Å². The lowest BCUT2D eigenvalue weighted by atomic mass is 9.98. The number of anilines is 1. The summed E-state index contributed by atoms with van der Waals surface area (Å²) in [5.74, 6) is -0.317. The van der Waals surface area contributed by atoms with Gasteiger partial charge in [-0.2, -0.15) is 0 Å². The first-order valence-corrected chi connectivity index (χ1v) is 10.1. The van der Waals surface area contributed by atoms with E-state index in [9.17, 15) is 9.59 Å². The molecule has 0 saturated heterocycles. The molecule has 2 heterocycles. The van der Waals surface area contributed by atoms with Crippen LogP contribution in [0.15, 0.2) is 75.9 Å². The Kier molecular flexibility index (Phi) is 4.42. The second kappa shape index (κ2) is 7.01. The van der Waals surface area contributed by atoms with Crippen molar-refractivity contribution in [2.75, 3.05) is 4.90 Å². The molecule has 0 aliphatic carbocycles. The fourth-order valence-electron chi connectivity index (χ4n) is 3.89. The highest BCUT2D eigenvalue weighted by Crippen LogP contribution is 2.42. The number of halogens is 2. The smallest absolute Gasteiger partial charge is 0.295 e. The average Bonchev–Trinajstić information content (AvgIpc) is 3.04. The van der Waals surface area contributed by atoms with Crippen LogP contribution < -0.4 is 10.3 Å². The van der Waals surface area contributed by atoms with Crippen LogP contribution in [0.25, 0.3) is 11.0 Å². The van der Waals surface area contributed by atoms with Crippen LogP contribution in [0.4, 0.5) is 5.69 Å². The van der Waals surface area contributed by atoms with E-state index in [1.807, 2.05) is 31.2 Å². The number of amides is 1. The number of nitrogens with zero attached hydrogens (tertiary/aromatic N) is 1. The summed E-state index contributed by atoms with van der Waals surface area (Å²) in [6.07, 6.45) is 0. The van der Waals surface area contributed by atoms with E-state index in [0.29, 0.717) is 37.8 Å². The van der Waals surface area contributed by atoms with Crippen molar-refractivity contribution in [3.8, 4) is 0 Å². The van der Waals surface area contributed by atoms with Crippen LogP contribution in [0.1, 0.15) is 33.3 Å². The van der Waals surface area contributed by atoms with Gasteiger partial charge in [0.05, 0.1) is 27.0 Å². The van der Waals surface area contributed by atoms with Crippen LogP contribution in [0.3, 0.4) is 0 Å². The number of rotatable bonds is 2. The van der Waals surface area contributed by atoms with Crippen LogP contribution in [0, 0.1) is 6.92 Å². The standard InChI is InChI=1S/C24H15Cl2NO3/c1-13-6-9-15(10-7-13)27-21(14-8-11-17(25)18(26)12-14)20-22(28)16-4-2-3-5-19(16)30-23(20)24(27)29/h2-12,21H,1H3. The highest BCUT2D eigenvalue weighted by molar-refractivity contribution is 6.42. The molecule has 1 aliphatic heterocycles. The van der Waals surface area contributed by atoms with Crippen LogP contribution in [-0.4, -0.2) is 5.91 Å². The number of fused-ring (bicyclic) bond motifs is 2. The van der Waals surface area contributed by atoms with Crippen molar-refractivity contribution >= 4 is 45.8 Å². The molecular formula is C24H15Cl2NO3. The number of hydrogen-bond acceptors (Lipinski definition) is 3. The van der Waals surface area contributed by atoms with E-state index in [2.05, 4.69) is 0 Å². The van der Waals surface area contributed by atoms with E-state index in [1.165, 1.54) is 0 Å². The number of carbonyl (C=O) groups is 1. The van der Waals surface area contributed by atoms with E-state index in [0.717, 1.165) is 5.56 Å². The summed E-state index contributed by atoms with van der Waals surface area (Å²) in [4.78, 5) is 28.5. The molecule has 30 heavy (non-hydrogen) atoms. The van der Waals surface area contributed by atoms with Gasteiger partial charge in [0.2, 0.25) is 5.76 Å². The fourth-order valence-corrected chi connectivity index (χ4v) is 4.20. The zero-order chi connectivity index (χ0) is 21.0. The second-order valence-corrected chi connectivity index (χ2v) is 8.07. The quantitative estimate of drug-likeness (QED) is 0.378. The Hall–Kier alpha value is -3.08. The monoisotopic (exact) mass is 435 g/mol. The maximum atomic E-state index is 13.4. The third-order valence-corrected chi connectivity index (χ3v) is 6.09. The zero-order valence-electron chi connectivity index (χ0n) is 15.9. The van der Waals surface area contributed by atoms with Gasteiger partial charge in [-0.05, 0) is 48.9 Å². The van der Waals surface area contributed by atoms with Gasteiger partial charge < -0.3 is 4.42 Å². The van der Waals surface area contributed by atoms with Crippen molar-refractivity contribution in [1.29, 1.82) is 0 Å². The first-order valence-electron chi connectivity index (χ1n) is 9.36. The minimum atomic E-state index is -0.675. The maximum Gasteiger partial charge on any atom is 0.295 e. The predicted molar refractivity (Wildman–Crippen MR) is 119 cm³/mol. The van der Waals surface area contributed by atoms with Gasteiger partial charge in [-0.25, -0.2) is 0 Å². The predicted octanol–water partition coefficient (Wildman–Crippen LogP) is 6.16. The van der Waals surface area contributed by atoms with E-state index in [1.54, 1.807) is 47.4 Å². The molecule has 1 aromatic heterocycles. The van der Waals surface area contributed by atoms with Gasteiger partial charge in [-0.1, -0.05) is 59.1 Å². The third kappa shape index (κ3) is 2.83. The van der Waals surface area contributed by atoms with Crippen molar-refractivity contribution in [2.45, 2.75) is 13.0 Å². The van der Waals surface area contributed by atoms with Gasteiger partial charge in [0.1, 0.15) is 5.58 Å². The Morgan fingerprint density at radius 1 is 0.900 bits per heavy atom. The molecule has 0 spiro atoms. The summed E-state index contributed by atoms with van der Waals surface area (Å²) in [5.41, 5.74) is 2.86. The highest BCUT2D eigenvalue weighted by Gasteiger charge is 2.43. The topological polar surface area (TPSA) is 50.5 Å². The minimum absolute atomic E-state index is 0.0512. The molecule has 1 aliphatic rings. The second-order valence-electron chi connectivity index (χ2n) is 7.26. The van der Waals surface area contributed by atoms with Gasteiger partial charge in [-0.15, -0.1) is 0 Å².